The molecule has 8 aromatic rings. The molecule has 18 nitrogen and oxygen atoms in total. The van der Waals surface area contributed by atoms with E-state index in [9.17, 15) is 36.6 Å². The Morgan fingerprint density at radius 1 is 0.367 bits per heavy atom. The van der Waals surface area contributed by atoms with E-state index in [1.165, 1.54) is 0 Å². The second kappa shape index (κ2) is 47.6. The summed E-state index contributed by atoms with van der Waals surface area (Å²) in [4.78, 5) is 8.52. The van der Waals surface area contributed by atoms with Crippen molar-refractivity contribution in [2.45, 2.75) is 50.9 Å². The maximum absolute atomic E-state index is 10.7. The Hall–Kier alpha value is -4.23. The molecule has 480 valence electrons. The third kappa shape index (κ3) is 38.7. The summed E-state index contributed by atoms with van der Waals surface area (Å²) in [6, 6.07) is 48.6. The van der Waals surface area contributed by atoms with Crippen molar-refractivity contribution in [2.24, 2.45) is 0 Å². The first kappa shape index (κ1) is 92.2. The standard InChI is InChI=1S/2C20H26N4O.2C6H6.2C3H7O.2CHF3O3S.4Zn/c2*1-23(2)13-11-21-17-9-5-7-15-16-8-6-10-18(20(16)25-19(15)17)22-12-14-24(3)4;2*1-2-4-6-5-3-1;2*1-3(2)4;2*2-1(3,4)8(5,6)7;;;;/h2*5-10H,11-14H2,1-4H3;2*1-6H;2*3H,1-2H3;2*(H,5,6,7);;;;/q2*-2;;;2*-1;;;4*+2/p-2. The molecule has 90 heavy (non-hydrogen) atoms. The Kier molecular flexibility index (Phi) is 48.8. The quantitative estimate of drug-likeness (QED) is 0.0377. The van der Waals surface area contributed by atoms with Gasteiger partial charge >= 0.3 is 88.9 Å². The predicted molar refractivity (Wildman–Crippen MR) is 328 cm³/mol. The number of likely N-dealkylation sites (N-methyl/N-ethyl adjacent to an activating group) is 4. The van der Waals surface area contributed by atoms with Crippen LogP contribution < -0.4 is 10.2 Å². The topological polar surface area (TPSA) is 256 Å². The molecular formula is C60H78F6N8O10S2Zn4. The van der Waals surface area contributed by atoms with Gasteiger partial charge in [-0.2, -0.15) is 26.3 Å². The van der Waals surface area contributed by atoms with Crippen LogP contribution >= 0.6 is 0 Å². The third-order valence-corrected chi connectivity index (χ3v) is 11.3. The number of nitrogens with zero attached hydrogens (tertiary/aromatic N) is 8. The minimum absolute atomic E-state index is 0. The number of hydrogen-bond acceptors (Lipinski definition) is 14. The number of fused-ring (bicyclic) bond motifs is 6. The summed E-state index contributed by atoms with van der Waals surface area (Å²) in [5.74, 6) is 0. The van der Waals surface area contributed by atoms with E-state index in [1.54, 1.807) is 27.7 Å². The van der Waals surface area contributed by atoms with Crippen molar-refractivity contribution in [2.75, 3.05) is 109 Å². The van der Waals surface area contributed by atoms with Crippen LogP contribution in [0, 0.1) is 0 Å². The van der Waals surface area contributed by atoms with Crippen molar-refractivity contribution in [1.82, 2.24) is 19.6 Å². The summed E-state index contributed by atoms with van der Waals surface area (Å²) in [5, 5.41) is 42.3. The van der Waals surface area contributed by atoms with Crippen LogP contribution in [0.5, 0.6) is 0 Å². The summed E-state index contributed by atoms with van der Waals surface area (Å²) in [5.41, 5.74) is -4.23. The molecule has 0 unspecified atom stereocenters. The van der Waals surface area contributed by atoms with Gasteiger partial charge in [-0.3, -0.25) is 0 Å². The fourth-order valence-corrected chi connectivity index (χ4v) is 6.33. The minimum Gasteiger partial charge on any atom is -0.852 e. The number of rotatable bonds is 16. The molecule has 0 saturated carbocycles. The zero-order valence-electron chi connectivity index (χ0n) is 53.2. The zero-order chi connectivity index (χ0) is 65.3. The van der Waals surface area contributed by atoms with Gasteiger partial charge in [0.25, 0.3) is 0 Å². The molecule has 0 bridgehead atoms. The fraction of sp³-hybridized carbons (Fsp3) is 0.400. The molecule has 0 spiro atoms. The van der Waals surface area contributed by atoms with Gasteiger partial charge in [0.15, 0.2) is 20.2 Å². The second-order valence-electron chi connectivity index (χ2n) is 19.8. The van der Waals surface area contributed by atoms with E-state index < -0.39 is 43.5 Å². The molecular weight excluding hydrogens is 1430 g/mol. The molecule has 0 amide bonds. The van der Waals surface area contributed by atoms with Crippen LogP contribution in [0.25, 0.3) is 65.1 Å². The van der Waals surface area contributed by atoms with Crippen LogP contribution in [-0.2, 0) is 98.1 Å². The van der Waals surface area contributed by atoms with Crippen molar-refractivity contribution >= 4 is 86.9 Å². The van der Waals surface area contributed by atoms with Gasteiger partial charge in [0, 0.05) is 21.5 Å². The average Bonchev–Trinajstić information content (AvgIpc) is 1.68. The van der Waals surface area contributed by atoms with Crippen LogP contribution in [0.3, 0.4) is 0 Å². The Labute approximate surface area is 577 Å². The van der Waals surface area contributed by atoms with Crippen LogP contribution in [-0.4, -0.2) is 178 Å². The van der Waals surface area contributed by atoms with E-state index >= 15 is 0 Å². The van der Waals surface area contributed by atoms with Crippen LogP contribution in [0.4, 0.5) is 49.1 Å². The largest absolute Gasteiger partial charge is 2.00 e. The normalized spacial score (nSPS) is 10.9. The Morgan fingerprint density at radius 3 is 0.633 bits per heavy atom. The smallest absolute Gasteiger partial charge is 0.852 e. The van der Waals surface area contributed by atoms with Gasteiger partial charge in [0.05, 0.1) is 0 Å². The van der Waals surface area contributed by atoms with Crippen LogP contribution in [0.15, 0.2) is 154 Å². The number of furan rings is 2. The maximum atomic E-state index is 10.7. The molecule has 30 heteroatoms. The second-order valence-corrected chi connectivity index (χ2v) is 22.5. The van der Waals surface area contributed by atoms with E-state index in [0.29, 0.717) is 0 Å². The van der Waals surface area contributed by atoms with E-state index in [-0.39, 0.29) is 77.9 Å². The first-order valence-electron chi connectivity index (χ1n) is 26.6. The van der Waals surface area contributed by atoms with Crippen molar-refractivity contribution in [3.8, 4) is 0 Å². The summed E-state index contributed by atoms with van der Waals surface area (Å²) in [6.45, 7) is 13.1. The van der Waals surface area contributed by atoms with E-state index in [2.05, 4.69) is 100 Å². The van der Waals surface area contributed by atoms with Crippen LogP contribution in [0.1, 0.15) is 27.7 Å². The SMILES string of the molecule is CC(C)[O-].CC(C)[O-].CN(C)CC[N-]c1cccc2c1oc1c([N-]CCN(C)C)cccc12.CN(C)CC[N-]c1cccc2c1oc1c([N-]CCN(C)C)cccc12.O=S(=O)([O-])C(F)(F)F.O=S(=O)([O-])C(F)(F)F.[Zn+2].[Zn+2].[Zn+2].[Zn+2].c1ccccc1.c1ccccc1. The van der Waals surface area contributed by atoms with Gasteiger partial charge in [0.2, 0.25) is 0 Å². The maximum Gasteiger partial charge on any atom is 2.00 e. The molecule has 8 rings (SSSR count). The van der Waals surface area contributed by atoms with Crippen molar-refractivity contribution in [1.29, 1.82) is 0 Å². The molecule has 0 radical (unpaired) electrons. The van der Waals surface area contributed by atoms with Gasteiger partial charge in [-0.05, 0) is 82.6 Å². The molecule has 0 fully saturated rings. The summed E-state index contributed by atoms with van der Waals surface area (Å²) in [7, 11) is 4.25. The number of para-hydroxylation sites is 4. The van der Waals surface area contributed by atoms with Crippen LogP contribution in [0.2, 0.25) is 0 Å². The first-order chi connectivity index (χ1) is 40.1. The van der Waals surface area contributed by atoms with Crippen molar-refractivity contribution < 1.29 is 149 Å². The molecule has 2 aromatic heterocycles. The first-order valence-corrected chi connectivity index (χ1v) is 29.4. The van der Waals surface area contributed by atoms with Gasteiger partial charge in [-0.1, -0.05) is 196 Å². The molecule has 0 atom stereocenters. The van der Waals surface area contributed by atoms with Gasteiger partial charge in [-0.25, -0.2) is 16.8 Å². The predicted octanol–water partition coefficient (Wildman–Crippen LogP) is 12.4. The molecule has 2 heterocycles. The van der Waals surface area contributed by atoms with E-state index in [0.717, 1.165) is 119 Å². The summed E-state index contributed by atoms with van der Waals surface area (Å²) >= 11 is 0. The average molecular weight is 1510 g/mol. The molecule has 0 aliphatic carbocycles. The Balaban J connectivity index is -0.000000522. The molecule has 0 aliphatic rings. The molecule has 6 aromatic carbocycles. The fourth-order valence-electron chi connectivity index (χ4n) is 6.33. The number of alkyl halides is 6. The van der Waals surface area contributed by atoms with E-state index in [4.69, 9.17) is 56.0 Å². The molecule has 0 N–H and O–H groups in total. The molecule has 0 aliphatic heterocycles. The van der Waals surface area contributed by atoms with E-state index in [1.807, 2.05) is 121 Å². The summed E-state index contributed by atoms with van der Waals surface area (Å²) < 4.78 is 130. The molecule has 0 saturated heterocycles. The van der Waals surface area contributed by atoms with Gasteiger partial charge in [-0.15, -0.1) is 38.4 Å². The minimum atomic E-state index is -6.09. The Morgan fingerprint density at radius 2 is 0.511 bits per heavy atom. The third-order valence-electron chi connectivity index (χ3n) is 10.2. The van der Waals surface area contributed by atoms with Gasteiger partial charge in [0.1, 0.15) is 22.3 Å². The van der Waals surface area contributed by atoms with Crippen molar-refractivity contribution in [3.05, 3.63) is 167 Å². The Bertz CT molecular complexity index is 2940. The zero-order valence-corrected chi connectivity index (χ0v) is 66.7. The monoisotopic (exact) mass is 1500 g/mol. The van der Waals surface area contributed by atoms with Crippen molar-refractivity contribution in [3.63, 3.8) is 0 Å². The summed E-state index contributed by atoms with van der Waals surface area (Å²) in [6.07, 6.45) is -0.833. The van der Waals surface area contributed by atoms with Gasteiger partial charge < -0.3 is 69.0 Å². The number of halogens is 6. The number of benzene rings is 6. The number of hydrogen-bond donors (Lipinski definition) is 0.